The fourth-order valence-electron chi connectivity index (χ4n) is 2.40. The molecule has 2 aromatic rings. The van der Waals surface area contributed by atoms with Gasteiger partial charge in [-0.25, -0.2) is 4.98 Å². The van der Waals surface area contributed by atoms with E-state index in [1.165, 1.54) is 11.3 Å². The molecule has 5 nitrogen and oxygen atoms in total. The van der Waals surface area contributed by atoms with Crippen molar-refractivity contribution in [1.29, 1.82) is 0 Å². The molecule has 0 bridgehead atoms. The van der Waals surface area contributed by atoms with Gasteiger partial charge in [0.15, 0.2) is 5.13 Å². The molecule has 1 heterocycles. The minimum atomic E-state index is -0.228. The van der Waals surface area contributed by atoms with Crippen molar-refractivity contribution in [3.05, 3.63) is 45.9 Å². The van der Waals surface area contributed by atoms with Crippen LogP contribution in [0.3, 0.4) is 0 Å². The minimum Gasteiger partial charge on any atom is -0.329 e. The summed E-state index contributed by atoms with van der Waals surface area (Å²) in [6.45, 7) is 2.74. The molecular formula is C18H22BrN3O2S. The van der Waals surface area contributed by atoms with Gasteiger partial charge in [0, 0.05) is 28.2 Å². The summed E-state index contributed by atoms with van der Waals surface area (Å²) in [7, 11) is 0. The molecule has 1 N–H and O–H groups in total. The van der Waals surface area contributed by atoms with Crippen LogP contribution >= 0.6 is 27.3 Å². The lowest BCUT2D eigenvalue weighted by atomic mass is 10.1. The number of thiazole rings is 1. The lowest BCUT2D eigenvalue weighted by Gasteiger charge is -2.22. The molecule has 0 aliphatic rings. The van der Waals surface area contributed by atoms with Crippen molar-refractivity contribution in [2.24, 2.45) is 0 Å². The molecule has 0 spiro atoms. The van der Waals surface area contributed by atoms with Gasteiger partial charge in [0.1, 0.15) is 6.54 Å². The molecule has 134 valence electrons. The first-order valence-corrected chi connectivity index (χ1v) is 10.0. The third kappa shape index (κ3) is 6.59. The third-order valence-electron chi connectivity index (χ3n) is 3.65. The van der Waals surface area contributed by atoms with Gasteiger partial charge >= 0.3 is 0 Å². The summed E-state index contributed by atoms with van der Waals surface area (Å²) in [4.78, 5) is 30.7. The van der Waals surface area contributed by atoms with E-state index in [1.807, 2.05) is 12.1 Å². The van der Waals surface area contributed by atoms with Gasteiger partial charge < -0.3 is 10.2 Å². The van der Waals surface area contributed by atoms with Crippen LogP contribution in [0.5, 0.6) is 0 Å². The zero-order valence-corrected chi connectivity index (χ0v) is 16.6. The summed E-state index contributed by atoms with van der Waals surface area (Å²) >= 11 is 4.74. The van der Waals surface area contributed by atoms with Crippen LogP contribution in [0.1, 0.15) is 43.0 Å². The summed E-state index contributed by atoms with van der Waals surface area (Å²) < 4.78 is 0.844. The second-order valence-electron chi connectivity index (χ2n) is 5.68. The zero-order valence-electron chi connectivity index (χ0n) is 14.2. The van der Waals surface area contributed by atoms with Gasteiger partial charge in [0.05, 0.1) is 0 Å². The molecule has 7 heteroatoms. The number of nitrogens with zero attached hydrogens (tertiary/aromatic N) is 2. The van der Waals surface area contributed by atoms with Gasteiger partial charge in [-0.05, 0) is 24.6 Å². The van der Waals surface area contributed by atoms with E-state index < -0.39 is 0 Å². The van der Waals surface area contributed by atoms with Crippen molar-refractivity contribution < 1.29 is 9.59 Å². The van der Waals surface area contributed by atoms with Gasteiger partial charge in [0.2, 0.25) is 5.91 Å². The van der Waals surface area contributed by atoms with Crippen LogP contribution in [0.25, 0.3) is 0 Å². The summed E-state index contributed by atoms with van der Waals surface area (Å²) in [5, 5.41) is 5.08. The minimum absolute atomic E-state index is 0.0249. The average molecular weight is 424 g/mol. The Hall–Kier alpha value is -1.73. The maximum Gasteiger partial charge on any atom is 0.254 e. The quantitative estimate of drug-likeness (QED) is 0.600. The van der Waals surface area contributed by atoms with Crippen LogP contribution < -0.4 is 5.32 Å². The first kappa shape index (κ1) is 19.6. The summed E-state index contributed by atoms with van der Waals surface area (Å²) in [5.74, 6) is -0.360. The van der Waals surface area contributed by atoms with E-state index in [-0.39, 0.29) is 18.4 Å². The van der Waals surface area contributed by atoms with E-state index in [0.717, 1.165) is 30.2 Å². The summed E-state index contributed by atoms with van der Waals surface area (Å²) in [6.07, 6.45) is 5.83. The maximum atomic E-state index is 12.8. The molecule has 2 amide bonds. The molecule has 0 atom stereocenters. The Morgan fingerprint density at radius 2 is 2.12 bits per heavy atom. The van der Waals surface area contributed by atoms with Crippen LogP contribution in [0.2, 0.25) is 0 Å². The van der Waals surface area contributed by atoms with Crippen LogP contribution in [-0.4, -0.2) is 34.8 Å². The number of amides is 2. The highest BCUT2D eigenvalue weighted by Crippen LogP contribution is 2.15. The van der Waals surface area contributed by atoms with Crippen molar-refractivity contribution in [3.8, 4) is 0 Å². The van der Waals surface area contributed by atoms with E-state index >= 15 is 0 Å². The predicted molar refractivity (Wildman–Crippen MR) is 105 cm³/mol. The number of carbonyl (C=O) groups excluding carboxylic acids is 2. The summed E-state index contributed by atoms with van der Waals surface area (Å²) in [5.41, 5.74) is 0.576. The maximum absolute atomic E-state index is 12.8. The topological polar surface area (TPSA) is 62.3 Å². The predicted octanol–water partition coefficient (Wildman–Crippen LogP) is 4.57. The molecule has 2 rings (SSSR count). The number of carbonyl (C=O) groups is 2. The zero-order chi connectivity index (χ0) is 18.1. The Kier molecular flexibility index (Phi) is 8.08. The Labute approximate surface area is 160 Å². The first-order chi connectivity index (χ1) is 12.1. The Morgan fingerprint density at radius 3 is 2.80 bits per heavy atom. The summed E-state index contributed by atoms with van der Waals surface area (Å²) in [6, 6.07) is 7.24. The number of aromatic nitrogens is 1. The molecule has 0 fully saturated rings. The second kappa shape index (κ2) is 10.3. The SMILES string of the molecule is CCCCCCN(CC(=O)Nc1nccs1)C(=O)c1cccc(Br)c1. The van der Waals surface area contributed by atoms with Crippen LogP contribution in [-0.2, 0) is 4.79 Å². The van der Waals surface area contributed by atoms with E-state index in [2.05, 4.69) is 33.2 Å². The normalized spacial score (nSPS) is 10.5. The number of halogens is 1. The lowest BCUT2D eigenvalue weighted by Crippen LogP contribution is -2.38. The van der Waals surface area contributed by atoms with Crippen molar-refractivity contribution in [1.82, 2.24) is 9.88 Å². The molecule has 0 aliphatic heterocycles. The Morgan fingerprint density at radius 1 is 1.28 bits per heavy atom. The smallest absolute Gasteiger partial charge is 0.254 e. The number of anilines is 1. The Bertz CT molecular complexity index is 691. The molecule has 25 heavy (non-hydrogen) atoms. The number of hydrogen-bond acceptors (Lipinski definition) is 4. The van der Waals surface area contributed by atoms with Crippen molar-refractivity contribution in [2.45, 2.75) is 32.6 Å². The standard InChI is InChI=1S/C18H22BrN3O2S/c1-2-3-4-5-10-22(13-16(23)21-18-20-9-11-25-18)17(24)14-7-6-8-15(19)12-14/h6-9,11-12H,2-5,10,13H2,1H3,(H,20,21,23). The van der Waals surface area contributed by atoms with E-state index in [1.54, 1.807) is 28.6 Å². The van der Waals surface area contributed by atoms with Crippen molar-refractivity contribution in [3.63, 3.8) is 0 Å². The highest BCUT2D eigenvalue weighted by atomic mass is 79.9. The molecule has 1 aromatic carbocycles. The number of nitrogens with one attached hydrogen (secondary N) is 1. The molecule has 0 saturated carbocycles. The van der Waals surface area contributed by atoms with Gasteiger partial charge in [-0.1, -0.05) is 48.2 Å². The van der Waals surface area contributed by atoms with Gasteiger partial charge in [-0.15, -0.1) is 11.3 Å². The van der Waals surface area contributed by atoms with Crippen LogP contribution in [0, 0.1) is 0 Å². The molecule has 0 saturated heterocycles. The van der Waals surface area contributed by atoms with Gasteiger partial charge in [-0.3, -0.25) is 9.59 Å². The molecule has 0 aliphatic carbocycles. The van der Waals surface area contributed by atoms with Crippen molar-refractivity contribution >= 4 is 44.2 Å². The lowest BCUT2D eigenvalue weighted by molar-refractivity contribution is -0.116. The fourth-order valence-corrected chi connectivity index (χ4v) is 3.35. The van der Waals surface area contributed by atoms with E-state index in [9.17, 15) is 9.59 Å². The first-order valence-electron chi connectivity index (χ1n) is 8.34. The van der Waals surface area contributed by atoms with Crippen LogP contribution in [0.15, 0.2) is 40.3 Å². The average Bonchev–Trinajstić information content (AvgIpc) is 3.10. The van der Waals surface area contributed by atoms with Gasteiger partial charge in [-0.2, -0.15) is 0 Å². The largest absolute Gasteiger partial charge is 0.329 e. The highest BCUT2D eigenvalue weighted by Gasteiger charge is 2.19. The number of unbranched alkanes of at least 4 members (excludes halogenated alkanes) is 3. The second-order valence-corrected chi connectivity index (χ2v) is 7.49. The number of benzene rings is 1. The fraction of sp³-hybridized carbons (Fsp3) is 0.389. The number of rotatable bonds is 9. The molecule has 1 aromatic heterocycles. The van der Waals surface area contributed by atoms with E-state index in [4.69, 9.17) is 0 Å². The molecule has 0 radical (unpaired) electrons. The van der Waals surface area contributed by atoms with E-state index in [0.29, 0.717) is 17.2 Å². The number of hydrogen-bond donors (Lipinski definition) is 1. The monoisotopic (exact) mass is 423 g/mol. The molecule has 0 unspecified atom stereocenters. The molecular weight excluding hydrogens is 402 g/mol. The van der Waals surface area contributed by atoms with Crippen LogP contribution in [0.4, 0.5) is 5.13 Å². The highest BCUT2D eigenvalue weighted by molar-refractivity contribution is 9.10. The third-order valence-corrected chi connectivity index (χ3v) is 4.84. The Balaban J connectivity index is 2.03. The van der Waals surface area contributed by atoms with Gasteiger partial charge in [0.25, 0.3) is 5.91 Å². The van der Waals surface area contributed by atoms with Crippen molar-refractivity contribution in [2.75, 3.05) is 18.4 Å².